The number of aliphatic hydroxyl groups excluding tert-OH is 1. The summed E-state index contributed by atoms with van der Waals surface area (Å²) < 4.78 is 0.262. The number of hydrogen-bond donors (Lipinski definition) is 2. The highest BCUT2D eigenvalue weighted by atomic mass is 32.1. The third-order valence-electron chi connectivity index (χ3n) is 4.26. The SMILES string of the molecule is NC(=S)[N+]1(/N=C(/CO)c2ccc3ccccc3c2)CCCC1. The van der Waals surface area contributed by atoms with Gasteiger partial charge in [0.25, 0.3) is 5.11 Å². The van der Waals surface area contributed by atoms with Crippen LogP contribution in [0.1, 0.15) is 18.4 Å². The Hall–Kier alpha value is -1.82. The summed E-state index contributed by atoms with van der Waals surface area (Å²) in [5.74, 6) is 0. The van der Waals surface area contributed by atoms with Crippen molar-refractivity contribution < 1.29 is 9.70 Å². The Balaban J connectivity index is 2.05. The van der Waals surface area contributed by atoms with Crippen LogP contribution in [-0.4, -0.2) is 40.2 Å². The number of thiocarbonyl (C=S) groups is 1. The van der Waals surface area contributed by atoms with Crippen LogP contribution in [0.25, 0.3) is 10.8 Å². The van der Waals surface area contributed by atoms with Crippen molar-refractivity contribution in [3.05, 3.63) is 48.0 Å². The van der Waals surface area contributed by atoms with Gasteiger partial charge in [0.15, 0.2) is 0 Å². The maximum Gasteiger partial charge on any atom is 0.294 e. The molecule has 4 nitrogen and oxygen atoms in total. The first-order chi connectivity index (χ1) is 10.6. The smallest absolute Gasteiger partial charge is 0.294 e. The summed E-state index contributed by atoms with van der Waals surface area (Å²) in [5.41, 5.74) is 7.48. The molecule has 2 aromatic carbocycles. The monoisotopic (exact) mass is 314 g/mol. The van der Waals surface area contributed by atoms with Crippen molar-refractivity contribution in [1.82, 2.24) is 0 Å². The summed E-state index contributed by atoms with van der Waals surface area (Å²) in [5, 5.41) is 17.2. The van der Waals surface area contributed by atoms with Crippen LogP contribution in [0, 0.1) is 0 Å². The average Bonchev–Trinajstić information content (AvgIpc) is 3.02. The van der Waals surface area contributed by atoms with E-state index >= 15 is 0 Å². The molecule has 0 saturated carbocycles. The van der Waals surface area contributed by atoms with Gasteiger partial charge >= 0.3 is 0 Å². The molecule has 1 aliphatic heterocycles. The average molecular weight is 314 g/mol. The molecule has 0 atom stereocenters. The minimum absolute atomic E-state index is 0.124. The number of fused-ring (bicyclic) bond motifs is 1. The van der Waals surface area contributed by atoms with E-state index in [4.69, 9.17) is 23.1 Å². The van der Waals surface area contributed by atoms with Crippen LogP contribution < -0.4 is 5.73 Å². The summed E-state index contributed by atoms with van der Waals surface area (Å²) in [6.07, 6.45) is 2.11. The molecular formula is C17H20N3OS+. The van der Waals surface area contributed by atoms with Crippen molar-refractivity contribution in [3.8, 4) is 0 Å². The molecule has 3 rings (SSSR count). The zero-order chi connectivity index (χ0) is 15.6. The van der Waals surface area contributed by atoms with E-state index in [1.807, 2.05) is 24.3 Å². The van der Waals surface area contributed by atoms with Crippen molar-refractivity contribution in [2.75, 3.05) is 19.7 Å². The normalized spacial score (nSPS) is 17.8. The first-order valence-corrected chi connectivity index (χ1v) is 7.92. The molecule has 1 fully saturated rings. The number of benzene rings is 2. The summed E-state index contributed by atoms with van der Waals surface area (Å²) in [6.45, 7) is 1.50. The van der Waals surface area contributed by atoms with Gasteiger partial charge in [-0.2, -0.15) is 0 Å². The minimum atomic E-state index is -0.124. The summed E-state index contributed by atoms with van der Waals surface area (Å²) in [4.78, 5) is 0. The van der Waals surface area contributed by atoms with E-state index in [0.29, 0.717) is 10.8 Å². The van der Waals surface area contributed by atoms with Gasteiger partial charge in [-0.15, -0.1) is 4.59 Å². The molecule has 0 aromatic heterocycles. The second kappa shape index (κ2) is 6.12. The lowest BCUT2D eigenvalue weighted by molar-refractivity contribution is -0.834. The largest absolute Gasteiger partial charge is 0.390 e. The van der Waals surface area contributed by atoms with E-state index in [2.05, 4.69) is 18.2 Å². The zero-order valence-corrected chi connectivity index (χ0v) is 13.2. The summed E-state index contributed by atoms with van der Waals surface area (Å²) >= 11 is 5.22. The van der Waals surface area contributed by atoms with Crippen LogP contribution >= 0.6 is 12.2 Å². The highest BCUT2D eigenvalue weighted by molar-refractivity contribution is 7.79. The molecular weight excluding hydrogens is 294 g/mol. The van der Waals surface area contributed by atoms with Crippen LogP contribution in [0.5, 0.6) is 0 Å². The molecule has 1 saturated heterocycles. The van der Waals surface area contributed by atoms with E-state index < -0.39 is 0 Å². The lowest BCUT2D eigenvalue weighted by Crippen LogP contribution is -2.50. The Morgan fingerprint density at radius 2 is 1.82 bits per heavy atom. The Morgan fingerprint density at radius 1 is 1.14 bits per heavy atom. The molecule has 1 heterocycles. The van der Waals surface area contributed by atoms with Gasteiger partial charge in [-0.25, -0.2) is 0 Å². The summed E-state index contributed by atoms with van der Waals surface area (Å²) in [6, 6.07) is 14.2. The number of quaternary nitrogens is 1. The molecule has 22 heavy (non-hydrogen) atoms. The lowest BCUT2D eigenvalue weighted by atomic mass is 10.0. The fourth-order valence-electron chi connectivity index (χ4n) is 3.01. The van der Waals surface area contributed by atoms with E-state index in [9.17, 15) is 5.11 Å². The molecule has 114 valence electrons. The van der Waals surface area contributed by atoms with Gasteiger partial charge in [-0.05, 0) is 16.8 Å². The van der Waals surface area contributed by atoms with Gasteiger partial charge < -0.3 is 10.8 Å². The topological polar surface area (TPSA) is 58.6 Å². The molecule has 1 aliphatic rings. The Labute approximate surface area is 135 Å². The van der Waals surface area contributed by atoms with Crippen molar-refractivity contribution in [3.63, 3.8) is 0 Å². The first-order valence-electron chi connectivity index (χ1n) is 7.51. The number of nitrogens with two attached hydrogens (primary N) is 1. The number of nitrogens with zero attached hydrogens (tertiary/aromatic N) is 2. The summed E-state index contributed by atoms with van der Waals surface area (Å²) in [7, 11) is 0. The van der Waals surface area contributed by atoms with Crippen LogP contribution in [0.2, 0.25) is 0 Å². The van der Waals surface area contributed by atoms with Crippen LogP contribution in [0.3, 0.4) is 0 Å². The number of hydrogen-bond acceptors (Lipinski definition) is 3. The van der Waals surface area contributed by atoms with Gasteiger partial charge in [0.05, 0.1) is 6.61 Å². The zero-order valence-electron chi connectivity index (χ0n) is 12.4. The van der Waals surface area contributed by atoms with Crippen LogP contribution in [0.15, 0.2) is 47.6 Å². The van der Waals surface area contributed by atoms with Gasteiger partial charge in [0, 0.05) is 30.6 Å². The Bertz CT molecular complexity index is 736. The molecule has 2 aromatic rings. The van der Waals surface area contributed by atoms with Gasteiger partial charge in [0.1, 0.15) is 18.8 Å². The number of aliphatic hydroxyl groups is 1. The minimum Gasteiger partial charge on any atom is -0.390 e. The van der Waals surface area contributed by atoms with E-state index in [0.717, 1.165) is 36.9 Å². The molecule has 0 unspecified atom stereocenters. The number of likely N-dealkylation sites (tertiary alicyclic amines) is 1. The fraction of sp³-hybridized carbons (Fsp3) is 0.294. The predicted molar refractivity (Wildman–Crippen MR) is 93.6 cm³/mol. The molecule has 0 aliphatic carbocycles. The molecule has 0 amide bonds. The molecule has 0 spiro atoms. The molecule has 0 radical (unpaired) electrons. The standard InChI is InChI=1S/C17H19N3OS/c18-17(22)20(9-3-4-10-20)19-16(12-21)15-8-7-13-5-1-2-6-14(13)11-15/h1-2,5-8,11,21H,3-4,9-10,12H2,(H-,18,22)/p+1/b19-16-. The Kier molecular flexibility index (Phi) is 4.20. The van der Waals surface area contributed by atoms with Crippen molar-refractivity contribution >= 4 is 33.8 Å². The highest BCUT2D eigenvalue weighted by Gasteiger charge is 2.37. The van der Waals surface area contributed by atoms with Crippen molar-refractivity contribution in [2.24, 2.45) is 10.8 Å². The molecule has 3 N–H and O–H groups in total. The highest BCUT2D eigenvalue weighted by Crippen LogP contribution is 2.22. The Morgan fingerprint density at radius 3 is 2.45 bits per heavy atom. The third-order valence-corrected chi connectivity index (χ3v) is 4.60. The maximum atomic E-state index is 9.78. The van der Waals surface area contributed by atoms with Crippen molar-refractivity contribution in [2.45, 2.75) is 12.8 Å². The lowest BCUT2D eigenvalue weighted by Gasteiger charge is -2.25. The molecule has 5 heteroatoms. The van der Waals surface area contributed by atoms with Gasteiger partial charge in [0.2, 0.25) is 0 Å². The number of rotatable bonds is 3. The van der Waals surface area contributed by atoms with Gasteiger partial charge in [-0.1, -0.05) is 41.5 Å². The van der Waals surface area contributed by atoms with Gasteiger partial charge in [-0.3, -0.25) is 0 Å². The quantitative estimate of drug-likeness (QED) is 0.519. The van der Waals surface area contributed by atoms with Crippen molar-refractivity contribution in [1.29, 1.82) is 0 Å². The predicted octanol–water partition coefficient (Wildman–Crippen LogP) is 2.39. The van der Waals surface area contributed by atoms with Crippen LogP contribution in [-0.2, 0) is 0 Å². The van der Waals surface area contributed by atoms with Crippen LogP contribution in [0.4, 0.5) is 0 Å². The van der Waals surface area contributed by atoms with E-state index in [1.165, 1.54) is 5.39 Å². The second-order valence-corrected chi connectivity index (χ2v) is 6.10. The first kappa shape index (κ1) is 15.1. The fourth-order valence-corrected chi connectivity index (χ4v) is 3.23. The van der Waals surface area contributed by atoms with E-state index in [1.54, 1.807) is 0 Å². The van der Waals surface area contributed by atoms with E-state index in [-0.39, 0.29) is 11.2 Å². The molecule has 0 bridgehead atoms. The second-order valence-electron chi connectivity index (χ2n) is 5.68. The third kappa shape index (κ3) is 2.75. The maximum absolute atomic E-state index is 9.78.